The van der Waals surface area contributed by atoms with Gasteiger partial charge in [0.25, 0.3) is 0 Å². The summed E-state index contributed by atoms with van der Waals surface area (Å²) in [5, 5.41) is 3.37. The summed E-state index contributed by atoms with van der Waals surface area (Å²) in [7, 11) is 0. The molecule has 0 radical (unpaired) electrons. The lowest BCUT2D eigenvalue weighted by Crippen LogP contribution is -2.27. The highest BCUT2D eigenvalue weighted by Crippen LogP contribution is 2.14. The Morgan fingerprint density at radius 1 is 1.22 bits per heavy atom. The fourth-order valence-electron chi connectivity index (χ4n) is 1.77. The fourth-order valence-corrected chi connectivity index (χ4v) is 2.11. The molecule has 0 aliphatic heterocycles. The first-order chi connectivity index (χ1) is 8.63. The van der Waals surface area contributed by atoms with E-state index in [0.29, 0.717) is 12.6 Å². The van der Waals surface area contributed by atoms with Crippen molar-refractivity contribution in [2.75, 3.05) is 0 Å². The van der Waals surface area contributed by atoms with E-state index in [9.17, 15) is 4.39 Å². The Hall–Kier alpha value is -1.13. The number of hydrogen-bond donors (Lipinski definition) is 1. The molecule has 0 bridgehead atoms. The van der Waals surface area contributed by atoms with Gasteiger partial charge in [-0.25, -0.2) is 4.39 Å². The van der Waals surface area contributed by atoms with Crippen LogP contribution >= 0.6 is 15.9 Å². The summed E-state index contributed by atoms with van der Waals surface area (Å²) in [6.07, 6.45) is 0.863. The molecule has 1 N–H and O–H groups in total. The molecule has 0 fully saturated rings. The van der Waals surface area contributed by atoms with Gasteiger partial charge in [0.15, 0.2) is 4.67 Å². The third-order valence-electron chi connectivity index (χ3n) is 2.71. The van der Waals surface area contributed by atoms with Crippen molar-refractivity contribution in [2.24, 2.45) is 0 Å². The molecule has 1 atom stereocenters. The highest BCUT2D eigenvalue weighted by Gasteiger charge is 2.05. The summed E-state index contributed by atoms with van der Waals surface area (Å²) >= 11 is 3.27. The summed E-state index contributed by atoms with van der Waals surface area (Å²) in [5.74, 6) is 0.702. The lowest BCUT2D eigenvalue weighted by Gasteiger charge is -2.12. The fraction of sp³-hybridized carbons (Fsp3) is 0.286. The molecule has 0 amide bonds. The van der Waals surface area contributed by atoms with Gasteiger partial charge in [0, 0.05) is 6.04 Å². The molecule has 2 nitrogen and oxygen atoms in total. The predicted octanol–water partition coefficient (Wildman–Crippen LogP) is 3.90. The maximum atomic E-state index is 12.8. The maximum absolute atomic E-state index is 12.8. The van der Waals surface area contributed by atoms with Gasteiger partial charge in [0.05, 0.1) is 6.54 Å². The van der Waals surface area contributed by atoms with E-state index in [2.05, 4.69) is 28.2 Å². The van der Waals surface area contributed by atoms with Gasteiger partial charge < -0.3 is 9.73 Å². The average molecular weight is 312 g/mol. The highest BCUT2D eigenvalue weighted by molar-refractivity contribution is 9.10. The first-order valence-electron chi connectivity index (χ1n) is 5.85. The van der Waals surface area contributed by atoms with Gasteiger partial charge in [-0.15, -0.1) is 0 Å². The molecular weight excluding hydrogens is 297 g/mol. The van der Waals surface area contributed by atoms with Crippen molar-refractivity contribution in [2.45, 2.75) is 25.9 Å². The van der Waals surface area contributed by atoms with E-state index in [1.807, 2.05) is 24.3 Å². The van der Waals surface area contributed by atoms with Crippen LogP contribution in [0.25, 0.3) is 0 Å². The minimum atomic E-state index is -0.195. The van der Waals surface area contributed by atoms with Crippen LogP contribution in [-0.2, 0) is 13.0 Å². The predicted molar refractivity (Wildman–Crippen MR) is 72.8 cm³/mol. The molecule has 2 aromatic rings. The summed E-state index contributed by atoms with van der Waals surface area (Å²) in [4.78, 5) is 0. The van der Waals surface area contributed by atoms with Gasteiger partial charge in [-0.05, 0) is 59.1 Å². The minimum absolute atomic E-state index is 0.195. The molecular formula is C14H15BrFNO. The lowest BCUT2D eigenvalue weighted by molar-refractivity contribution is 0.441. The quantitative estimate of drug-likeness (QED) is 0.906. The Morgan fingerprint density at radius 3 is 2.56 bits per heavy atom. The topological polar surface area (TPSA) is 25.2 Å². The number of halogens is 2. The maximum Gasteiger partial charge on any atom is 0.169 e. The number of nitrogens with one attached hydrogen (secondary N) is 1. The Labute approximate surface area is 114 Å². The summed E-state index contributed by atoms with van der Waals surface area (Å²) in [6, 6.07) is 10.7. The molecule has 0 spiro atoms. The summed E-state index contributed by atoms with van der Waals surface area (Å²) in [6.45, 7) is 2.79. The van der Waals surface area contributed by atoms with Crippen LogP contribution in [0.4, 0.5) is 4.39 Å². The van der Waals surface area contributed by atoms with Gasteiger partial charge in [0.1, 0.15) is 11.6 Å². The molecule has 0 aliphatic carbocycles. The van der Waals surface area contributed by atoms with Crippen molar-refractivity contribution in [3.8, 4) is 0 Å². The van der Waals surface area contributed by atoms with Crippen molar-refractivity contribution in [3.63, 3.8) is 0 Å². The first kappa shape index (κ1) is 13.3. The van der Waals surface area contributed by atoms with Crippen molar-refractivity contribution >= 4 is 15.9 Å². The van der Waals surface area contributed by atoms with E-state index in [4.69, 9.17) is 4.42 Å². The van der Waals surface area contributed by atoms with Crippen LogP contribution in [0.5, 0.6) is 0 Å². The Balaban J connectivity index is 1.81. The van der Waals surface area contributed by atoms with Gasteiger partial charge in [-0.2, -0.15) is 0 Å². The molecule has 0 saturated carbocycles. The second-order valence-corrected chi connectivity index (χ2v) is 5.10. The molecule has 0 saturated heterocycles. The zero-order valence-corrected chi connectivity index (χ0v) is 11.7. The number of hydrogen-bond acceptors (Lipinski definition) is 2. The molecule has 1 aromatic carbocycles. The van der Waals surface area contributed by atoms with Gasteiger partial charge in [-0.3, -0.25) is 0 Å². The van der Waals surface area contributed by atoms with E-state index in [-0.39, 0.29) is 5.82 Å². The number of rotatable bonds is 5. The monoisotopic (exact) mass is 311 g/mol. The van der Waals surface area contributed by atoms with Gasteiger partial charge >= 0.3 is 0 Å². The van der Waals surface area contributed by atoms with Crippen LogP contribution in [-0.4, -0.2) is 6.04 Å². The third kappa shape index (κ3) is 3.96. The van der Waals surface area contributed by atoms with Crippen LogP contribution in [0, 0.1) is 5.82 Å². The number of furan rings is 1. The van der Waals surface area contributed by atoms with Crippen LogP contribution in [0.3, 0.4) is 0 Å². The van der Waals surface area contributed by atoms with Crippen molar-refractivity contribution < 1.29 is 8.81 Å². The minimum Gasteiger partial charge on any atom is -0.453 e. The van der Waals surface area contributed by atoms with E-state index in [0.717, 1.165) is 22.4 Å². The highest BCUT2D eigenvalue weighted by atomic mass is 79.9. The molecule has 4 heteroatoms. The SMILES string of the molecule is CC(Cc1ccc(F)cc1)NCc1ccc(Br)o1. The van der Waals surface area contributed by atoms with Crippen LogP contribution in [0.1, 0.15) is 18.2 Å². The normalized spacial score (nSPS) is 12.6. The molecule has 2 rings (SSSR count). The largest absolute Gasteiger partial charge is 0.453 e. The smallest absolute Gasteiger partial charge is 0.169 e. The van der Waals surface area contributed by atoms with Crippen LogP contribution < -0.4 is 5.32 Å². The van der Waals surface area contributed by atoms with Gasteiger partial charge in [-0.1, -0.05) is 12.1 Å². The molecule has 0 aliphatic rings. The average Bonchev–Trinajstić information content (AvgIpc) is 2.76. The van der Waals surface area contributed by atoms with Crippen LogP contribution in [0.2, 0.25) is 0 Å². The van der Waals surface area contributed by atoms with E-state index < -0.39 is 0 Å². The Kier molecular flexibility index (Phi) is 4.55. The summed E-state index contributed by atoms with van der Waals surface area (Å²) in [5.41, 5.74) is 1.12. The van der Waals surface area contributed by atoms with Crippen molar-refractivity contribution in [1.82, 2.24) is 5.32 Å². The molecule has 96 valence electrons. The van der Waals surface area contributed by atoms with E-state index in [1.54, 1.807) is 0 Å². The van der Waals surface area contributed by atoms with Crippen molar-refractivity contribution in [3.05, 3.63) is 58.2 Å². The van der Waals surface area contributed by atoms with Gasteiger partial charge in [0.2, 0.25) is 0 Å². The Bertz CT molecular complexity index is 495. The molecule has 1 heterocycles. The summed E-state index contributed by atoms with van der Waals surface area (Å²) < 4.78 is 18.9. The van der Waals surface area contributed by atoms with E-state index in [1.165, 1.54) is 12.1 Å². The Morgan fingerprint density at radius 2 is 1.94 bits per heavy atom. The lowest BCUT2D eigenvalue weighted by atomic mass is 10.1. The van der Waals surface area contributed by atoms with Crippen LogP contribution in [0.15, 0.2) is 45.5 Å². The van der Waals surface area contributed by atoms with Crippen molar-refractivity contribution in [1.29, 1.82) is 0 Å². The van der Waals surface area contributed by atoms with E-state index >= 15 is 0 Å². The zero-order chi connectivity index (χ0) is 13.0. The third-order valence-corrected chi connectivity index (χ3v) is 3.13. The molecule has 18 heavy (non-hydrogen) atoms. The second kappa shape index (κ2) is 6.16. The molecule has 1 unspecified atom stereocenters. The standard InChI is InChI=1S/C14H15BrFNO/c1-10(8-11-2-4-12(16)5-3-11)17-9-13-6-7-14(15)18-13/h2-7,10,17H,8-9H2,1H3. The zero-order valence-electron chi connectivity index (χ0n) is 10.1. The second-order valence-electron chi connectivity index (χ2n) is 4.32. The first-order valence-corrected chi connectivity index (χ1v) is 6.65. The number of benzene rings is 1. The molecule has 1 aromatic heterocycles.